The second kappa shape index (κ2) is 6.26. The molecule has 2 fully saturated rings. The summed E-state index contributed by atoms with van der Waals surface area (Å²) >= 11 is 0. The van der Waals surface area contributed by atoms with Crippen LogP contribution < -0.4 is 4.74 Å². The highest BCUT2D eigenvalue weighted by Crippen LogP contribution is 2.33. The molecular formula is C16H15F3N4O3. The van der Waals surface area contributed by atoms with Crippen LogP contribution in [0, 0.1) is 5.92 Å². The molecule has 138 valence electrons. The summed E-state index contributed by atoms with van der Waals surface area (Å²) in [6.07, 6.45) is -0.845. The molecular weight excluding hydrogens is 353 g/mol. The smallest absolute Gasteiger partial charge is 0.471 e. The molecule has 1 saturated heterocycles. The number of carbonyl (C=O) groups is 1. The number of hydrogen-bond acceptors (Lipinski definition) is 6. The fourth-order valence-electron chi connectivity index (χ4n) is 2.82. The van der Waals surface area contributed by atoms with Gasteiger partial charge < -0.3 is 14.2 Å². The lowest BCUT2D eigenvalue weighted by Crippen LogP contribution is -2.32. The summed E-state index contributed by atoms with van der Waals surface area (Å²) in [5.41, 5.74) is 0.286. The fraction of sp³-hybridized carbons (Fsp3) is 0.500. The van der Waals surface area contributed by atoms with E-state index >= 15 is 0 Å². The molecule has 0 N–H and O–H groups in total. The van der Waals surface area contributed by atoms with E-state index in [4.69, 9.17) is 4.74 Å². The van der Waals surface area contributed by atoms with Crippen molar-refractivity contribution in [2.45, 2.75) is 31.5 Å². The molecule has 2 aromatic rings. The lowest BCUT2D eigenvalue weighted by atomic mass is 10.2. The summed E-state index contributed by atoms with van der Waals surface area (Å²) in [4.78, 5) is 21.2. The Balaban J connectivity index is 1.37. The van der Waals surface area contributed by atoms with Gasteiger partial charge in [0, 0.05) is 36.7 Å². The monoisotopic (exact) mass is 368 g/mol. The molecule has 3 heterocycles. The Bertz CT molecular complexity index is 802. The van der Waals surface area contributed by atoms with E-state index in [1.165, 1.54) is 18.3 Å². The summed E-state index contributed by atoms with van der Waals surface area (Å²) in [5, 5.41) is 3.31. The van der Waals surface area contributed by atoms with Crippen LogP contribution in [0.1, 0.15) is 25.2 Å². The number of amides is 1. The van der Waals surface area contributed by atoms with Crippen LogP contribution in [0.4, 0.5) is 13.2 Å². The normalized spacial score (nSPS) is 20.4. The third-order valence-electron chi connectivity index (χ3n) is 4.33. The van der Waals surface area contributed by atoms with Gasteiger partial charge in [-0.05, 0) is 18.9 Å². The van der Waals surface area contributed by atoms with Gasteiger partial charge in [-0.2, -0.15) is 18.2 Å². The largest absolute Gasteiger partial charge is 0.472 e. The standard InChI is InChI=1S/C16H15F3N4O3/c17-16(18,19)15-21-13(22-26-15)10-3-4-12(20-7-10)25-11-5-6-23(8-11)14(24)9-1-2-9/h3-4,7,9,11H,1-2,5-6,8H2/t11-/m1/s1. The Labute approximate surface area is 146 Å². The molecule has 0 spiro atoms. The predicted molar refractivity (Wildman–Crippen MR) is 80.9 cm³/mol. The van der Waals surface area contributed by atoms with E-state index in [1.807, 2.05) is 4.90 Å². The molecule has 2 aliphatic rings. The number of rotatable bonds is 4. The second-order valence-electron chi connectivity index (χ2n) is 6.39. The second-order valence-corrected chi connectivity index (χ2v) is 6.39. The molecule has 7 nitrogen and oxygen atoms in total. The quantitative estimate of drug-likeness (QED) is 0.825. The Hall–Kier alpha value is -2.65. The number of ether oxygens (including phenoxy) is 1. The average molecular weight is 368 g/mol. The SMILES string of the molecule is O=C(C1CC1)N1CC[C@@H](Oc2ccc(-c3noc(C(F)(F)F)n3)cn2)C1. The average Bonchev–Trinajstić information content (AvgIpc) is 3.14. The Morgan fingerprint density at radius 2 is 2.08 bits per heavy atom. The highest BCUT2D eigenvalue weighted by molar-refractivity contribution is 5.81. The van der Waals surface area contributed by atoms with E-state index in [-0.39, 0.29) is 29.3 Å². The van der Waals surface area contributed by atoms with E-state index in [0.717, 1.165) is 19.3 Å². The predicted octanol–water partition coefficient (Wildman–Crippen LogP) is 2.54. The van der Waals surface area contributed by atoms with Gasteiger partial charge in [0.05, 0.1) is 6.54 Å². The van der Waals surface area contributed by atoms with Gasteiger partial charge in [0.25, 0.3) is 0 Å². The van der Waals surface area contributed by atoms with Crippen LogP contribution in [-0.4, -0.2) is 45.1 Å². The van der Waals surface area contributed by atoms with Crippen molar-refractivity contribution >= 4 is 5.91 Å². The molecule has 0 bridgehead atoms. The van der Waals surface area contributed by atoms with Gasteiger partial charge in [-0.15, -0.1) is 0 Å². The van der Waals surface area contributed by atoms with Crippen molar-refractivity contribution in [3.8, 4) is 17.3 Å². The van der Waals surface area contributed by atoms with Crippen molar-refractivity contribution in [3.63, 3.8) is 0 Å². The number of carbonyl (C=O) groups excluding carboxylic acids is 1. The molecule has 2 aromatic heterocycles. The van der Waals surface area contributed by atoms with Crippen molar-refractivity contribution in [2.75, 3.05) is 13.1 Å². The highest BCUT2D eigenvalue weighted by atomic mass is 19.4. The number of halogens is 3. The number of nitrogens with zero attached hydrogens (tertiary/aromatic N) is 4. The zero-order valence-corrected chi connectivity index (χ0v) is 13.6. The summed E-state index contributed by atoms with van der Waals surface area (Å²) in [5.74, 6) is -0.892. The number of likely N-dealkylation sites (tertiary alicyclic amines) is 1. The fourth-order valence-corrected chi connectivity index (χ4v) is 2.82. The molecule has 1 saturated carbocycles. The molecule has 1 atom stereocenters. The summed E-state index contributed by atoms with van der Waals surface area (Å²) in [7, 11) is 0. The first kappa shape index (κ1) is 16.8. The van der Waals surface area contributed by atoms with Gasteiger partial charge in [0.2, 0.25) is 17.6 Å². The minimum absolute atomic E-state index is 0.141. The zero-order chi connectivity index (χ0) is 18.3. The lowest BCUT2D eigenvalue weighted by Gasteiger charge is -2.16. The number of alkyl halides is 3. The molecule has 0 radical (unpaired) electrons. The summed E-state index contributed by atoms with van der Waals surface area (Å²) < 4.78 is 47.4. The van der Waals surface area contributed by atoms with E-state index in [2.05, 4.69) is 19.6 Å². The lowest BCUT2D eigenvalue weighted by molar-refractivity contribution is -0.159. The van der Waals surface area contributed by atoms with E-state index < -0.39 is 12.1 Å². The van der Waals surface area contributed by atoms with Gasteiger partial charge in [0.15, 0.2) is 0 Å². The molecule has 0 aromatic carbocycles. The summed E-state index contributed by atoms with van der Waals surface area (Å²) in [6, 6.07) is 3.04. The van der Waals surface area contributed by atoms with Crippen molar-refractivity contribution in [1.82, 2.24) is 20.0 Å². The van der Waals surface area contributed by atoms with E-state index in [1.54, 1.807) is 0 Å². The van der Waals surface area contributed by atoms with Crippen molar-refractivity contribution < 1.29 is 27.2 Å². The first-order valence-corrected chi connectivity index (χ1v) is 8.23. The van der Waals surface area contributed by atoms with Crippen LogP contribution in [0.25, 0.3) is 11.4 Å². The Morgan fingerprint density at radius 3 is 2.69 bits per heavy atom. The Morgan fingerprint density at radius 1 is 1.27 bits per heavy atom. The third-order valence-corrected chi connectivity index (χ3v) is 4.33. The maximum Gasteiger partial charge on any atom is 0.471 e. The maximum absolute atomic E-state index is 12.5. The molecule has 4 rings (SSSR count). The number of aromatic nitrogens is 3. The molecule has 1 aliphatic carbocycles. The molecule has 26 heavy (non-hydrogen) atoms. The number of pyridine rings is 1. The van der Waals surface area contributed by atoms with Crippen LogP contribution in [-0.2, 0) is 11.0 Å². The highest BCUT2D eigenvalue weighted by Gasteiger charge is 2.39. The van der Waals surface area contributed by atoms with Crippen molar-refractivity contribution in [2.24, 2.45) is 5.92 Å². The zero-order valence-electron chi connectivity index (χ0n) is 13.6. The van der Waals surface area contributed by atoms with Crippen LogP contribution in [0.3, 0.4) is 0 Å². The number of hydrogen-bond donors (Lipinski definition) is 0. The van der Waals surface area contributed by atoms with E-state index in [0.29, 0.717) is 19.0 Å². The van der Waals surface area contributed by atoms with E-state index in [9.17, 15) is 18.0 Å². The van der Waals surface area contributed by atoms with Gasteiger partial charge in [0.1, 0.15) is 6.10 Å². The van der Waals surface area contributed by atoms with Crippen molar-refractivity contribution in [3.05, 3.63) is 24.2 Å². The third kappa shape index (κ3) is 3.49. The molecule has 1 aliphatic heterocycles. The van der Waals surface area contributed by atoms with Crippen molar-refractivity contribution in [1.29, 1.82) is 0 Å². The first-order valence-electron chi connectivity index (χ1n) is 8.23. The van der Waals surface area contributed by atoms with Crippen LogP contribution in [0.15, 0.2) is 22.9 Å². The van der Waals surface area contributed by atoms with Gasteiger partial charge in [-0.1, -0.05) is 5.16 Å². The Kier molecular flexibility index (Phi) is 4.04. The topological polar surface area (TPSA) is 81.4 Å². The first-order chi connectivity index (χ1) is 12.4. The molecule has 1 amide bonds. The van der Waals surface area contributed by atoms with Gasteiger partial charge >= 0.3 is 12.1 Å². The minimum atomic E-state index is -4.69. The van der Waals surface area contributed by atoms with Crippen LogP contribution >= 0.6 is 0 Å². The minimum Gasteiger partial charge on any atom is -0.472 e. The summed E-state index contributed by atoms with van der Waals surface area (Å²) in [6.45, 7) is 1.19. The molecule has 0 unspecified atom stereocenters. The molecule has 10 heteroatoms. The van der Waals surface area contributed by atoms with Gasteiger partial charge in [-0.3, -0.25) is 4.79 Å². The van der Waals surface area contributed by atoms with Gasteiger partial charge in [-0.25, -0.2) is 4.98 Å². The van der Waals surface area contributed by atoms with Crippen LogP contribution in [0.5, 0.6) is 5.88 Å². The van der Waals surface area contributed by atoms with Crippen LogP contribution in [0.2, 0.25) is 0 Å². The maximum atomic E-state index is 12.5.